The highest BCUT2D eigenvalue weighted by atomic mass is 16.5. The smallest absolute Gasteiger partial charge is 0.251 e. The average molecular weight is 313 g/mol. The van der Waals surface area contributed by atoms with Crippen molar-refractivity contribution in [2.75, 3.05) is 7.11 Å². The van der Waals surface area contributed by atoms with Crippen LogP contribution < -0.4 is 10.1 Å². The molecule has 0 heterocycles. The van der Waals surface area contributed by atoms with E-state index < -0.39 is 0 Å². The van der Waals surface area contributed by atoms with Gasteiger partial charge >= 0.3 is 0 Å². The summed E-state index contributed by atoms with van der Waals surface area (Å²) < 4.78 is 11.0. The Morgan fingerprint density at radius 2 is 1.87 bits per heavy atom. The van der Waals surface area contributed by atoms with Crippen LogP contribution in [0.15, 0.2) is 48.5 Å². The summed E-state index contributed by atoms with van der Waals surface area (Å²) in [6.45, 7) is 4.87. The first kappa shape index (κ1) is 17.0. The van der Waals surface area contributed by atoms with Crippen LogP contribution in [-0.2, 0) is 17.9 Å². The maximum atomic E-state index is 12.3. The van der Waals surface area contributed by atoms with Crippen LogP contribution in [0.1, 0.15) is 35.3 Å². The molecule has 122 valence electrons. The van der Waals surface area contributed by atoms with Crippen LogP contribution in [0.5, 0.6) is 5.75 Å². The van der Waals surface area contributed by atoms with Gasteiger partial charge in [0.1, 0.15) is 5.75 Å². The number of ether oxygens (including phenoxy) is 2. The molecule has 0 spiro atoms. The van der Waals surface area contributed by atoms with Gasteiger partial charge in [0.2, 0.25) is 0 Å². The van der Waals surface area contributed by atoms with Crippen LogP contribution in [0.3, 0.4) is 0 Å². The van der Waals surface area contributed by atoms with E-state index in [2.05, 4.69) is 5.32 Å². The maximum Gasteiger partial charge on any atom is 0.251 e. The zero-order valence-corrected chi connectivity index (χ0v) is 13.8. The average Bonchev–Trinajstić information content (AvgIpc) is 2.58. The molecule has 0 fully saturated rings. The summed E-state index contributed by atoms with van der Waals surface area (Å²) in [5.41, 5.74) is 2.54. The van der Waals surface area contributed by atoms with Gasteiger partial charge in [-0.1, -0.05) is 30.3 Å². The Hall–Kier alpha value is -2.33. The van der Waals surface area contributed by atoms with Crippen molar-refractivity contribution in [3.05, 3.63) is 65.2 Å². The van der Waals surface area contributed by atoms with Gasteiger partial charge in [-0.3, -0.25) is 4.79 Å². The predicted octanol–water partition coefficient (Wildman–Crippen LogP) is 3.55. The van der Waals surface area contributed by atoms with Crippen molar-refractivity contribution in [1.29, 1.82) is 0 Å². The molecule has 1 N–H and O–H groups in total. The van der Waals surface area contributed by atoms with Crippen LogP contribution in [0.2, 0.25) is 0 Å². The number of amides is 1. The van der Waals surface area contributed by atoms with Crippen LogP contribution in [-0.4, -0.2) is 19.1 Å². The maximum absolute atomic E-state index is 12.3. The third-order valence-electron chi connectivity index (χ3n) is 3.41. The number of carbonyl (C=O) groups excluding carboxylic acids is 1. The molecular formula is C19H23NO3. The fraction of sp³-hybridized carbons (Fsp3) is 0.316. The van der Waals surface area contributed by atoms with Crippen molar-refractivity contribution in [1.82, 2.24) is 5.32 Å². The number of nitrogens with one attached hydrogen (secondary N) is 1. The second-order valence-electron chi connectivity index (χ2n) is 5.55. The zero-order chi connectivity index (χ0) is 16.7. The number of rotatable bonds is 7. The summed E-state index contributed by atoms with van der Waals surface area (Å²) in [4.78, 5) is 12.3. The Bertz CT molecular complexity index is 638. The molecule has 23 heavy (non-hydrogen) atoms. The van der Waals surface area contributed by atoms with E-state index in [9.17, 15) is 4.79 Å². The van der Waals surface area contributed by atoms with Crippen LogP contribution in [0, 0.1) is 0 Å². The van der Waals surface area contributed by atoms with Crippen molar-refractivity contribution in [3.8, 4) is 5.75 Å². The molecule has 0 aliphatic carbocycles. The van der Waals surface area contributed by atoms with E-state index in [1.54, 1.807) is 19.2 Å². The van der Waals surface area contributed by atoms with Crippen LogP contribution in [0.4, 0.5) is 0 Å². The fourth-order valence-corrected chi connectivity index (χ4v) is 2.17. The Morgan fingerprint density at radius 3 is 2.52 bits per heavy atom. The van der Waals surface area contributed by atoms with E-state index >= 15 is 0 Å². The molecule has 2 rings (SSSR count). The fourth-order valence-electron chi connectivity index (χ4n) is 2.17. The Morgan fingerprint density at radius 1 is 1.13 bits per heavy atom. The van der Waals surface area contributed by atoms with Crippen molar-refractivity contribution in [2.24, 2.45) is 0 Å². The molecular weight excluding hydrogens is 290 g/mol. The van der Waals surface area contributed by atoms with Gasteiger partial charge in [0.05, 0.1) is 19.8 Å². The van der Waals surface area contributed by atoms with E-state index in [0.717, 1.165) is 16.9 Å². The lowest BCUT2D eigenvalue weighted by Gasteiger charge is -2.13. The molecule has 1 amide bonds. The number of benzene rings is 2. The van der Waals surface area contributed by atoms with Crippen molar-refractivity contribution < 1.29 is 14.3 Å². The number of hydrogen-bond donors (Lipinski definition) is 1. The lowest BCUT2D eigenvalue weighted by Crippen LogP contribution is -2.23. The predicted molar refractivity (Wildman–Crippen MR) is 90.5 cm³/mol. The monoisotopic (exact) mass is 313 g/mol. The molecule has 0 saturated carbocycles. The second-order valence-corrected chi connectivity index (χ2v) is 5.55. The molecule has 0 aliphatic rings. The van der Waals surface area contributed by atoms with E-state index in [-0.39, 0.29) is 12.0 Å². The molecule has 4 nitrogen and oxygen atoms in total. The summed E-state index contributed by atoms with van der Waals surface area (Å²) in [5.74, 6) is 0.618. The topological polar surface area (TPSA) is 47.6 Å². The normalized spacial score (nSPS) is 10.6. The van der Waals surface area contributed by atoms with Crippen molar-refractivity contribution >= 4 is 5.91 Å². The summed E-state index contributed by atoms with van der Waals surface area (Å²) in [6.07, 6.45) is 0.121. The van der Waals surface area contributed by atoms with Gasteiger partial charge in [-0.25, -0.2) is 0 Å². The van der Waals surface area contributed by atoms with Gasteiger partial charge in [-0.15, -0.1) is 0 Å². The molecule has 0 saturated heterocycles. The van der Waals surface area contributed by atoms with Crippen LogP contribution >= 0.6 is 0 Å². The van der Waals surface area contributed by atoms with Gasteiger partial charge in [0, 0.05) is 17.7 Å². The highest BCUT2D eigenvalue weighted by Gasteiger charge is 2.11. The summed E-state index contributed by atoms with van der Waals surface area (Å²) in [7, 11) is 1.61. The third-order valence-corrected chi connectivity index (χ3v) is 3.41. The first-order chi connectivity index (χ1) is 11.1. The largest absolute Gasteiger partial charge is 0.496 e. The van der Waals surface area contributed by atoms with E-state index in [1.807, 2.05) is 50.2 Å². The lowest BCUT2D eigenvalue weighted by molar-refractivity contribution is 0.0644. The first-order valence-corrected chi connectivity index (χ1v) is 7.70. The lowest BCUT2D eigenvalue weighted by atomic mass is 10.1. The van der Waals surface area contributed by atoms with Gasteiger partial charge in [0.25, 0.3) is 5.91 Å². The number of hydrogen-bond acceptors (Lipinski definition) is 3. The van der Waals surface area contributed by atoms with E-state index in [0.29, 0.717) is 18.7 Å². The standard InChI is InChI=1S/C19H23NO3/c1-14(2)23-13-17-11-16(9-10-18(17)22-3)19(21)20-12-15-7-5-4-6-8-15/h4-11,14H,12-13H2,1-3H3,(H,20,21). The van der Waals surface area contributed by atoms with Gasteiger partial charge in [-0.2, -0.15) is 0 Å². The summed E-state index contributed by atoms with van der Waals surface area (Å²) in [6, 6.07) is 15.2. The molecule has 0 bridgehead atoms. The third kappa shape index (κ3) is 5.11. The van der Waals surface area contributed by atoms with Crippen LogP contribution in [0.25, 0.3) is 0 Å². The summed E-state index contributed by atoms with van der Waals surface area (Å²) >= 11 is 0. The minimum atomic E-state index is -0.109. The second kappa shape index (κ2) is 8.34. The number of methoxy groups -OCH3 is 1. The molecule has 0 atom stereocenters. The summed E-state index contributed by atoms with van der Waals surface area (Å²) in [5, 5.41) is 2.92. The molecule has 0 radical (unpaired) electrons. The van der Waals surface area contributed by atoms with Gasteiger partial charge < -0.3 is 14.8 Å². The molecule has 0 aliphatic heterocycles. The molecule has 2 aromatic carbocycles. The Labute approximate surface area is 137 Å². The Kier molecular flexibility index (Phi) is 6.18. The van der Waals surface area contributed by atoms with Crippen molar-refractivity contribution in [2.45, 2.75) is 33.1 Å². The van der Waals surface area contributed by atoms with Gasteiger partial charge in [-0.05, 0) is 37.6 Å². The molecule has 2 aromatic rings. The molecule has 4 heteroatoms. The first-order valence-electron chi connectivity index (χ1n) is 7.70. The van der Waals surface area contributed by atoms with E-state index in [4.69, 9.17) is 9.47 Å². The molecule has 0 aromatic heterocycles. The van der Waals surface area contributed by atoms with Gasteiger partial charge in [0.15, 0.2) is 0 Å². The highest BCUT2D eigenvalue weighted by Crippen LogP contribution is 2.21. The quantitative estimate of drug-likeness (QED) is 0.850. The minimum Gasteiger partial charge on any atom is -0.496 e. The number of carbonyl (C=O) groups is 1. The zero-order valence-electron chi connectivity index (χ0n) is 13.8. The van der Waals surface area contributed by atoms with Crippen molar-refractivity contribution in [3.63, 3.8) is 0 Å². The molecule has 0 unspecified atom stereocenters. The highest BCUT2D eigenvalue weighted by molar-refractivity contribution is 5.94. The minimum absolute atomic E-state index is 0.109. The SMILES string of the molecule is COc1ccc(C(=O)NCc2ccccc2)cc1COC(C)C. The Balaban J connectivity index is 2.06. The van der Waals surface area contributed by atoms with E-state index in [1.165, 1.54) is 0 Å².